The van der Waals surface area contributed by atoms with Crippen LogP contribution in [0, 0.1) is 0 Å². The van der Waals surface area contributed by atoms with Gasteiger partial charge in [-0.05, 0) is 13.8 Å². The molecular formula is C12H17ClN4O2S. The maximum atomic E-state index is 11.5. The zero-order valence-corrected chi connectivity index (χ0v) is 13.4. The number of imidazole rings is 1. The molecule has 2 aromatic heterocycles. The standard InChI is InChI=1S/C12H17ClN4O2S/c1-7(5-20(4)18)17-10(8(2)13)16-9-11(17)14-6-15-12(9)19-3/h6-8H,5H2,1-4H3. The molecule has 0 spiro atoms. The number of hydrogen-bond acceptors (Lipinski definition) is 5. The molecule has 0 fully saturated rings. The second kappa shape index (κ2) is 6.05. The Morgan fingerprint density at radius 3 is 2.70 bits per heavy atom. The van der Waals surface area contributed by atoms with Gasteiger partial charge >= 0.3 is 0 Å². The number of fused-ring (bicyclic) bond motifs is 1. The number of aromatic nitrogens is 4. The molecule has 0 aromatic carbocycles. The van der Waals surface area contributed by atoms with Gasteiger partial charge in [0, 0.05) is 28.9 Å². The fourth-order valence-electron chi connectivity index (χ4n) is 2.18. The summed E-state index contributed by atoms with van der Waals surface area (Å²) < 4.78 is 18.6. The van der Waals surface area contributed by atoms with Gasteiger partial charge in [-0.3, -0.25) is 4.21 Å². The van der Waals surface area contributed by atoms with Crippen LogP contribution in [-0.2, 0) is 10.8 Å². The normalized spacial score (nSPS) is 16.1. The van der Waals surface area contributed by atoms with Crippen LogP contribution < -0.4 is 4.74 Å². The first kappa shape index (κ1) is 15.2. The minimum Gasteiger partial charge on any atom is -0.479 e. The number of alkyl halides is 1. The van der Waals surface area contributed by atoms with Crippen molar-refractivity contribution in [3.8, 4) is 5.88 Å². The summed E-state index contributed by atoms with van der Waals surface area (Å²) >= 11 is 6.21. The maximum Gasteiger partial charge on any atom is 0.245 e. The summed E-state index contributed by atoms with van der Waals surface area (Å²) in [6, 6.07) is -0.0263. The summed E-state index contributed by atoms with van der Waals surface area (Å²) in [5.74, 6) is 1.60. The van der Waals surface area contributed by atoms with E-state index < -0.39 is 10.8 Å². The molecule has 3 atom stereocenters. The molecule has 0 radical (unpaired) electrons. The molecule has 2 aromatic rings. The van der Waals surface area contributed by atoms with Crippen LogP contribution in [0.5, 0.6) is 5.88 Å². The van der Waals surface area contributed by atoms with Crippen molar-refractivity contribution in [1.82, 2.24) is 19.5 Å². The number of hydrogen-bond donors (Lipinski definition) is 0. The zero-order chi connectivity index (χ0) is 14.9. The molecule has 20 heavy (non-hydrogen) atoms. The van der Waals surface area contributed by atoms with Gasteiger partial charge in [0.05, 0.1) is 12.5 Å². The van der Waals surface area contributed by atoms with Gasteiger partial charge in [0.1, 0.15) is 12.2 Å². The van der Waals surface area contributed by atoms with Gasteiger partial charge in [0.15, 0.2) is 11.2 Å². The molecule has 0 saturated carbocycles. The van der Waals surface area contributed by atoms with E-state index in [1.807, 2.05) is 18.4 Å². The molecular weight excluding hydrogens is 300 g/mol. The van der Waals surface area contributed by atoms with E-state index in [1.54, 1.807) is 6.26 Å². The molecule has 0 aliphatic rings. The summed E-state index contributed by atoms with van der Waals surface area (Å²) in [5.41, 5.74) is 1.23. The van der Waals surface area contributed by atoms with Crippen molar-refractivity contribution in [3.05, 3.63) is 12.2 Å². The molecule has 110 valence electrons. The summed E-state index contributed by atoms with van der Waals surface area (Å²) in [7, 11) is 0.619. The van der Waals surface area contributed by atoms with Crippen molar-refractivity contribution in [2.45, 2.75) is 25.3 Å². The van der Waals surface area contributed by atoms with Crippen LogP contribution in [0.4, 0.5) is 0 Å². The first-order valence-corrected chi connectivity index (χ1v) is 8.33. The summed E-state index contributed by atoms with van der Waals surface area (Å²) in [6.07, 6.45) is 3.10. The highest BCUT2D eigenvalue weighted by Gasteiger charge is 2.23. The van der Waals surface area contributed by atoms with Crippen molar-refractivity contribution in [2.24, 2.45) is 0 Å². The molecule has 0 aliphatic carbocycles. The van der Waals surface area contributed by atoms with Crippen LogP contribution in [-0.4, -0.2) is 42.8 Å². The van der Waals surface area contributed by atoms with Gasteiger partial charge in [0.25, 0.3) is 0 Å². The Balaban J connectivity index is 2.66. The van der Waals surface area contributed by atoms with Gasteiger partial charge in [0.2, 0.25) is 5.88 Å². The lowest BCUT2D eigenvalue weighted by Gasteiger charge is -2.16. The lowest BCUT2D eigenvalue weighted by Crippen LogP contribution is -2.16. The van der Waals surface area contributed by atoms with Crippen molar-refractivity contribution < 1.29 is 8.95 Å². The van der Waals surface area contributed by atoms with Gasteiger partial charge in [-0.15, -0.1) is 11.6 Å². The molecule has 0 bridgehead atoms. The van der Waals surface area contributed by atoms with Crippen molar-refractivity contribution in [3.63, 3.8) is 0 Å². The Hall–Kier alpha value is -1.21. The van der Waals surface area contributed by atoms with Gasteiger partial charge in [-0.25, -0.2) is 9.97 Å². The number of halogens is 1. The first-order chi connectivity index (χ1) is 9.45. The van der Waals surface area contributed by atoms with E-state index in [0.29, 0.717) is 28.6 Å². The third-order valence-electron chi connectivity index (χ3n) is 2.94. The van der Waals surface area contributed by atoms with Crippen LogP contribution in [0.25, 0.3) is 11.2 Å². The Kier molecular flexibility index (Phi) is 4.59. The minimum absolute atomic E-state index is 0.0263. The van der Waals surface area contributed by atoms with Gasteiger partial charge < -0.3 is 9.30 Å². The van der Waals surface area contributed by atoms with Crippen molar-refractivity contribution in [1.29, 1.82) is 0 Å². The SMILES string of the molecule is COc1ncnc2c1nc(C(C)Cl)n2C(C)CS(C)=O. The van der Waals surface area contributed by atoms with E-state index in [0.717, 1.165) is 0 Å². The number of ether oxygens (including phenoxy) is 1. The first-order valence-electron chi connectivity index (χ1n) is 6.16. The van der Waals surface area contributed by atoms with Crippen LogP contribution >= 0.6 is 11.6 Å². The second-order valence-corrected chi connectivity index (χ2v) is 6.73. The number of methoxy groups -OCH3 is 1. The largest absolute Gasteiger partial charge is 0.479 e. The minimum atomic E-state index is -0.918. The van der Waals surface area contributed by atoms with Crippen LogP contribution in [0.3, 0.4) is 0 Å². The average Bonchev–Trinajstić information content (AvgIpc) is 2.77. The number of nitrogens with zero attached hydrogens (tertiary/aromatic N) is 4. The Labute approximate surface area is 125 Å². The summed E-state index contributed by atoms with van der Waals surface area (Å²) in [5, 5.41) is -0.290. The van der Waals surface area contributed by atoms with Crippen LogP contribution in [0.2, 0.25) is 0 Å². The van der Waals surface area contributed by atoms with Gasteiger partial charge in [-0.2, -0.15) is 4.98 Å². The predicted octanol–water partition coefficient (Wildman–Crippen LogP) is 2.07. The quantitative estimate of drug-likeness (QED) is 0.790. The molecule has 0 saturated heterocycles. The lowest BCUT2D eigenvalue weighted by atomic mass is 10.3. The third-order valence-corrected chi connectivity index (χ3v) is 4.08. The molecule has 2 rings (SSSR count). The van der Waals surface area contributed by atoms with E-state index in [9.17, 15) is 4.21 Å². The Morgan fingerprint density at radius 1 is 1.45 bits per heavy atom. The topological polar surface area (TPSA) is 69.9 Å². The zero-order valence-electron chi connectivity index (χ0n) is 11.8. The maximum absolute atomic E-state index is 11.5. The Bertz CT molecular complexity index is 644. The summed E-state index contributed by atoms with van der Waals surface area (Å²) in [4.78, 5) is 12.8. The fraction of sp³-hybridized carbons (Fsp3) is 0.583. The highest BCUT2D eigenvalue weighted by Crippen LogP contribution is 2.30. The van der Waals surface area contributed by atoms with Crippen molar-refractivity contribution in [2.75, 3.05) is 19.1 Å². The highest BCUT2D eigenvalue weighted by molar-refractivity contribution is 7.84. The lowest BCUT2D eigenvalue weighted by molar-refractivity contribution is 0.401. The fourth-order valence-corrected chi connectivity index (χ4v) is 3.17. The predicted molar refractivity (Wildman–Crippen MR) is 79.8 cm³/mol. The van der Waals surface area contributed by atoms with E-state index >= 15 is 0 Å². The van der Waals surface area contributed by atoms with E-state index in [1.165, 1.54) is 13.4 Å². The summed E-state index contributed by atoms with van der Waals surface area (Å²) in [6.45, 7) is 3.81. The molecule has 0 N–H and O–H groups in total. The molecule has 8 heteroatoms. The van der Waals surface area contributed by atoms with E-state index in [2.05, 4.69) is 15.0 Å². The molecule has 6 nitrogen and oxygen atoms in total. The molecule has 2 heterocycles. The highest BCUT2D eigenvalue weighted by atomic mass is 35.5. The number of rotatable bonds is 5. The third kappa shape index (κ3) is 2.78. The Morgan fingerprint density at radius 2 is 2.15 bits per heavy atom. The average molecular weight is 317 g/mol. The van der Waals surface area contributed by atoms with Gasteiger partial charge in [-0.1, -0.05) is 0 Å². The molecule has 3 unspecified atom stereocenters. The monoisotopic (exact) mass is 316 g/mol. The van der Waals surface area contributed by atoms with Crippen molar-refractivity contribution >= 4 is 33.6 Å². The molecule has 0 amide bonds. The van der Waals surface area contributed by atoms with E-state index in [4.69, 9.17) is 16.3 Å². The van der Waals surface area contributed by atoms with Crippen LogP contribution in [0.15, 0.2) is 6.33 Å². The van der Waals surface area contributed by atoms with Crippen LogP contribution in [0.1, 0.15) is 31.1 Å². The molecule has 0 aliphatic heterocycles. The smallest absolute Gasteiger partial charge is 0.245 e. The van der Waals surface area contributed by atoms with E-state index in [-0.39, 0.29) is 11.4 Å². The second-order valence-electron chi connectivity index (χ2n) is 4.60.